The number of benzene rings is 1. The third-order valence-electron chi connectivity index (χ3n) is 5.12. The molecule has 3 saturated heterocycles. The van der Waals surface area contributed by atoms with Crippen LogP contribution in [0.15, 0.2) is 24.3 Å². The fraction of sp³-hybridized carbons (Fsp3) is 0.700. The molecule has 3 aliphatic rings. The number of hydrogen-bond donors (Lipinski definition) is 0. The van der Waals surface area contributed by atoms with E-state index in [0.29, 0.717) is 13.2 Å². The standard InChI is InChI=1S/C20H27BrO6/c1-19(2)23-11-14(25-19)15-16(17-18(24-15)27-20(3,4)26-17)22-10-13-8-6-5-7-12(13)9-21/h5-8,14-18H,9-11H2,1-4H3/t14-,15-,16+,17-,18-/m1/s1. The van der Waals surface area contributed by atoms with E-state index in [1.165, 1.54) is 5.56 Å². The lowest BCUT2D eigenvalue weighted by Gasteiger charge is -2.29. The Kier molecular flexibility index (Phi) is 5.39. The molecule has 5 atom stereocenters. The molecule has 6 nitrogen and oxygen atoms in total. The van der Waals surface area contributed by atoms with Crippen LogP contribution in [-0.4, -0.2) is 48.9 Å². The summed E-state index contributed by atoms with van der Waals surface area (Å²) < 4.78 is 36.3. The highest BCUT2D eigenvalue weighted by molar-refractivity contribution is 9.08. The first-order valence-corrected chi connectivity index (χ1v) is 10.5. The van der Waals surface area contributed by atoms with Crippen molar-refractivity contribution in [3.63, 3.8) is 0 Å². The summed E-state index contributed by atoms with van der Waals surface area (Å²) in [5.74, 6) is -1.32. The summed E-state index contributed by atoms with van der Waals surface area (Å²) in [6, 6.07) is 8.21. The number of alkyl halides is 1. The normalized spacial score (nSPS) is 36.9. The van der Waals surface area contributed by atoms with E-state index in [1.54, 1.807) is 0 Å². The van der Waals surface area contributed by atoms with Gasteiger partial charge in [-0.1, -0.05) is 40.2 Å². The van der Waals surface area contributed by atoms with Crippen LogP contribution in [0.2, 0.25) is 0 Å². The minimum Gasteiger partial charge on any atom is -0.368 e. The number of halogens is 1. The largest absolute Gasteiger partial charge is 0.368 e. The molecule has 0 spiro atoms. The van der Waals surface area contributed by atoms with Crippen LogP contribution in [0.4, 0.5) is 0 Å². The zero-order valence-electron chi connectivity index (χ0n) is 16.1. The Bertz CT molecular complexity index is 678. The average Bonchev–Trinajstić information content (AvgIpc) is 3.22. The lowest BCUT2D eigenvalue weighted by atomic mass is 10.1. The van der Waals surface area contributed by atoms with Crippen LogP contribution in [-0.2, 0) is 40.4 Å². The molecule has 0 saturated carbocycles. The maximum Gasteiger partial charge on any atom is 0.190 e. The van der Waals surface area contributed by atoms with Crippen molar-refractivity contribution in [3.8, 4) is 0 Å². The summed E-state index contributed by atoms with van der Waals surface area (Å²) in [4.78, 5) is 0. The third kappa shape index (κ3) is 4.10. The van der Waals surface area contributed by atoms with E-state index in [9.17, 15) is 0 Å². The second kappa shape index (κ2) is 7.37. The third-order valence-corrected chi connectivity index (χ3v) is 5.72. The molecule has 0 radical (unpaired) electrons. The molecule has 0 aromatic heterocycles. The zero-order valence-corrected chi connectivity index (χ0v) is 17.7. The van der Waals surface area contributed by atoms with Gasteiger partial charge in [0.15, 0.2) is 17.9 Å². The van der Waals surface area contributed by atoms with Gasteiger partial charge in [-0.2, -0.15) is 0 Å². The average molecular weight is 443 g/mol. The van der Waals surface area contributed by atoms with Crippen LogP contribution in [0, 0.1) is 0 Å². The highest BCUT2D eigenvalue weighted by atomic mass is 79.9. The van der Waals surface area contributed by atoms with Gasteiger partial charge >= 0.3 is 0 Å². The smallest absolute Gasteiger partial charge is 0.190 e. The van der Waals surface area contributed by atoms with Crippen molar-refractivity contribution >= 4 is 15.9 Å². The molecule has 4 rings (SSSR count). The Balaban J connectivity index is 1.52. The van der Waals surface area contributed by atoms with Gasteiger partial charge in [0.25, 0.3) is 0 Å². The molecule has 27 heavy (non-hydrogen) atoms. The summed E-state index contributed by atoms with van der Waals surface area (Å²) in [5.41, 5.74) is 2.34. The van der Waals surface area contributed by atoms with Crippen LogP contribution in [0.3, 0.4) is 0 Å². The van der Waals surface area contributed by atoms with Crippen LogP contribution in [0.25, 0.3) is 0 Å². The van der Waals surface area contributed by atoms with Gasteiger partial charge in [-0.3, -0.25) is 0 Å². The molecule has 7 heteroatoms. The molecule has 0 N–H and O–H groups in total. The fourth-order valence-corrected chi connectivity index (χ4v) is 4.43. The lowest BCUT2D eigenvalue weighted by Crippen LogP contribution is -2.44. The molecule has 0 unspecified atom stereocenters. The molecular formula is C20H27BrO6. The van der Waals surface area contributed by atoms with E-state index in [0.717, 1.165) is 10.9 Å². The van der Waals surface area contributed by atoms with Crippen LogP contribution in [0.1, 0.15) is 38.8 Å². The summed E-state index contributed by atoms with van der Waals surface area (Å²) in [6.07, 6.45) is -1.60. The predicted octanol–water partition coefficient (Wildman–Crippen LogP) is 3.49. The fourth-order valence-electron chi connectivity index (χ4n) is 3.89. The molecule has 3 heterocycles. The van der Waals surface area contributed by atoms with Gasteiger partial charge in [-0.15, -0.1) is 0 Å². The van der Waals surface area contributed by atoms with E-state index in [2.05, 4.69) is 28.1 Å². The van der Waals surface area contributed by atoms with E-state index in [-0.39, 0.29) is 24.4 Å². The zero-order chi connectivity index (χ0) is 19.2. The van der Waals surface area contributed by atoms with Crippen molar-refractivity contribution in [3.05, 3.63) is 35.4 Å². The van der Waals surface area contributed by atoms with Crippen molar-refractivity contribution in [1.82, 2.24) is 0 Å². The highest BCUT2D eigenvalue weighted by Crippen LogP contribution is 2.42. The quantitative estimate of drug-likeness (QED) is 0.650. The summed E-state index contributed by atoms with van der Waals surface area (Å²) >= 11 is 3.54. The minimum absolute atomic E-state index is 0.225. The Morgan fingerprint density at radius 2 is 1.74 bits per heavy atom. The summed E-state index contributed by atoms with van der Waals surface area (Å²) in [7, 11) is 0. The molecular weight excluding hydrogens is 416 g/mol. The second-order valence-corrected chi connectivity index (χ2v) is 8.68. The van der Waals surface area contributed by atoms with Crippen molar-refractivity contribution in [2.45, 2.75) is 81.9 Å². The number of fused-ring (bicyclic) bond motifs is 1. The first-order valence-electron chi connectivity index (χ1n) is 9.35. The molecule has 3 aliphatic heterocycles. The Morgan fingerprint density at radius 3 is 2.41 bits per heavy atom. The van der Waals surface area contributed by atoms with Crippen molar-refractivity contribution in [2.75, 3.05) is 6.61 Å². The van der Waals surface area contributed by atoms with Gasteiger partial charge in [0.2, 0.25) is 0 Å². The molecule has 0 bridgehead atoms. The van der Waals surface area contributed by atoms with E-state index >= 15 is 0 Å². The first-order chi connectivity index (χ1) is 12.8. The molecule has 0 amide bonds. The van der Waals surface area contributed by atoms with Crippen LogP contribution in [0.5, 0.6) is 0 Å². The van der Waals surface area contributed by atoms with Gasteiger partial charge < -0.3 is 28.4 Å². The van der Waals surface area contributed by atoms with E-state index < -0.39 is 17.9 Å². The molecule has 3 fully saturated rings. The van der Waals surface area contributed by atoms with Crippen LogP contribution < -0.4 is 0 Å². The van der Waals surface area contributed by atoms with Crippen molar-refractivity contribution < 1.29 is 28.4 Å². The van der Waals surface area contributed by atoms with Crippen molar-refractivity contribution in [1.29, 1.82) is 0 Å². The van der Waals surface area contributed by atoms with Gasteiger partial charge in [0.1, 0.15) is 24.4 Å². The maximum atomic E-state index is 6.35. The monoisotopic (exact) mass is 442 g/mol. The summed E-state index contributed by atoms with van der Waals surface area (Å²) in [6.45, 7) is 8.51. The second-order valence-electron chi connectivity index (χ2n) is 8.11. The minimum atomic E-state index is -0.692. The first kappa shape index (κ1) is 19.8. The molecule has 1 aromatic rings. The predicted molar refractivity (Wildman–Crippen MR) is 101 cm³/mol. The molecule has 150 valence electrons. The Morgan fingerprint density at radius 1 is 1.00 bits per heavy atom. The van der Waals surface area contributed by atoms with Gasteiger partial charge in [-0.05, 0) is 38.8 Å². The van der Waals surface area contributed by atoms with Gasteiger partial charge in [-0.25, -0.2) is 0 Å². The van der Waals surface area contributed by atoms with E-state index in [4.69, 9.17) is 28.4 Å². The Hall–Kier alpha value is -0.540. The number of ether oxygens (including phenoxy) is 6. The highest BCUT2D eigenvalue weighted by Gasteiger charge is 2.58. The number of hydrogen-bond acceptors (Lipinski definition) is 6. The van der Waals surface area contributed by atoms with Gasteiger partial charge in [0, 0.05) is 5.33 Å². The Labute approximate surface area is 168 Å². The molecule has 0 aliphatic carbocycles. The SMILES string of the molecule is CC1(C)O[C@H]2O[C@H]([C@H]3COC(C)(C)O3)[C@H](OCc3ccccc3CBr)[C@H]2O1. The lowest BCUT2D eigenvalue weighted by molar-refractivity contribution is -0.236. The maximum absolute atomic E-state index is 6.35. The van der Waals surface area contributed by atoms with Crippen molar-refractivity contribution in [2.24, 2.45) is 0 Å². The topological polar surface area (TPSA) is 55.4 Å². The van der Waals surface area contributed by atoms with Crippen LogP contribution >= 0.6 is 15.9 Å². The van der Waals surface area contributed by atoms with Gasteiger partial charge in [0.05, 0.1) is 13.2 Å². The summed E-state index contributed by atoms with van der Waals surface area (Å²) in [5, 5.41) is 0.781. The number of rotatable bonds is 5. The van der Waals surface area contributed by atoms with E-state index in [1.807, 2.05) is 39.8 Å². The molecule has 1 aromatic carbocycles.